The van der Waals surface area contributed by atoms with Crippen LogP contribution in [0.25, 0.3) is 0 Å². The largest absolute Gasteiger partial charge is 0.342 e. The molecule has 0 saturated carbocycles. The standard InChI is InChI=1S/C16H18N2O2S/c1-12-6-3-4-7-13(12)11-18(2)15(19)10-17-16(20)14-8-5-9-21-14/h3-9H,10-11H2,1-2H3,(H,17,20). The van der Waals surface area contributed by atoms with Gasteiger partial charge in [0, 0.05) is 13.6 Å². The van der Waals surface area contributed by atoms with E-state index in [1.807, 2.05) is 42.6 Å². The SMILES string of the molecule is Cc1ccccc1CN(C)C(=O)CNC(=O)c1cccs1. The monoisotopic (exact) mass is 302 g/mol. The van der Waals surface area contributed by atoms with Crippen molar-refractivity contribution in [2.75, 3.05) is 13.6 Å². The van der Waals surface area contributed by atoms with E-state index in [-0.39, 0.29) is 18.4 Å². The quantitative estimate of drug-likeness (QED) is 0.922. The molecule has 0 spiro atoms. The number of aryl methyl sites for hydroxylation is 1. The number of hydrogen-bond donors (Lipinski definition) is 1. The van der Waals surface area contributed by atoms with Crippen molar-refractivity contribution in [3.63, 3.8) is 0 Å². The molecule has 110 valence electrons. The first-order chi connectivity index (χ1) is 10.1. The molecule has 2 rings (SSSR count). The molecule has 4 nitrogen and oxygen atoms in total. The maximum absolute atomic E-state index is 12.0. The summed E-state index contributed by atoms with van der Waals surface area (Å²) < 4.78 is 0. The number of nitrogens with one attached hydrogen (secondary N) is 1. The van der Waals surface area contributed by atoms with E-state index in [4.69, 9.17) is 0 Å². The van der Waals surface area contributed by atoms with Gasteiger partial charge < -0.3 is 10.2 Å². The molecule has 5 heteroatoms. The molecule has 2 aromatic rings. The first kappa shape index (κ1) is 15.3. The number of rotatable bonds is 5. The summed E-state index contributed by atoms with van der Waals surface area (Å²) in [5.41, 5.74) is 2.26. The zero-order valence-corrected chi connectivity index (χ0v) is 12.9. The van der Waals surface area contributed by atoms with Crippen molar-refractivity contribution in [1.29, 1.82) is 0 Å². The molecular formula is C16H18N2O2S. The van der Waals surface area contributed by atoms with E-state index in [1.165, 1.54) is 11.3 Å². The Morgan fingerprint density at radius 2 is 1.95 bits per heavy atom. The van der Waals surface area contributed by atoms with E-state index in [1.54, 1.807) is 18.0 Å². The molecule has 0 aliphatic rings. The summed E-state index contributed by atoms with van der Waals surface area (Å²) in [5.74, 6) is -0.314. The molecule has 0 bridgehead atoms. The number of nitrogens with zero attached hydrogens (tertiary/aromatic N) is 1. The lowest BCUT2D eigenvalue weighted by molar-refractivity contribution is -0.129. The number of likely N-dealkylation sites (N-methyl/N-ethyl adjacent to an activating group) is 1. The fourth-order valence-corrected chi connectivity index (χ4v) is 2.56. The van der Waals surface area contributed by atoms with Gasteiger partial charge in [0.2, 0.25) is 5.91 Å². The lowest BCUT2D eigenvalue weighted by Gasteiger charge is -2.18. The summed E-state index contributed by atoms with van der Waals surface area (Å²) >= 11 is 1.36. The minimum Gasteiger partial charge on any atom is -0.342 e. The highest BCUT2D eigenvalue weighted by atomic mass is 32.1. The predicted molar refractivity (Wildman–Crippen MR) is 84.3 cm³/mol. The third-order valence-corrected chi connectivity index (χ3v) is 4.11. The Labute approximate surface area is 128 Å². The minimum atomic E-state index is -0.206. The summed E-state index contributed by atoms with van der Waals surface area (Å²) in [6, 6.07) is 11.5. The molecule has 0 radical (unpaired) electrons. The number of carbonyl (C=O) groups excluding carboxylic acids is 2. The van der Waals surface area contributed by atoms with Crippen LogP contribution in [0.4, 0.5) is 0 Å². The van der Waals surface area contributed by atoms with Crippen LogP contribution >= 0.6 is 11.3 Å². The van der Waals surface area contributed by atoms with E-state index in [2.05, 4.69) is 5.32 Å². The highest BCUT2D eigenvalue weighted by Crippen LogP contribution is 2.10. The normalized spacial score (nSPS) is 10.2. The van der Waals surface area contributed by atoms with E-state index < -0.39 is 0 Å². The van der Waals surface area contributed by atoms with Crippen LogP contribution in [0.15, 0.2) is 41.8 Å². The van der Waals surface area contributed by atoms with Gasteiger partial charge in [0.25, 0.3) is 5.91 Å². The van der Waals surface area contributed by atoms with Gasteiger partial charge in [0.1, 0.15) is 0 Å². The van der Waals surface area contributed by atoms with Crippen LogP contribution in [0.3, 0.4) is 0 Å². The molecule has 2 amide bonds. The Morgan fingerprint density at radius 3 is 2.62 bits per heavy atom. The van der Waals surface area contributed by atoms with Crippen LogP contribution in [0, 0.1) is 6.92 Å². The van der Waals surface area contributed by atoms with Gasteiger partial charge in [-0.1, -0.05) is 30.3 Å². The van der Waals surface area contributed by atoms with Crippen LogP contribution < -0.4 is 5.32 Å². The number of hydrogen-bond acceptors (Lipinski definition) is 3. The Kier molecular flexibility index (Phi) is 5.11. The van der Waals surface area contributed by atoms with E-state index in [0.29, 0.717) is 11.4 Å². The van der Waals surface area contributed by atoms with Crippen LogP contribution in [-0.2, 0) is 11.3 Å². The Balaban J connectivity index is 1.86. The Bertz CT molecular complexity index is 623. The van der Waals surface area contributed by atoms with Gasteiger partial charge in [-0.05, 0) is 29.5 Å². The van der Waals surface area contributed by atoms with Crippen molar-refractivity contribution in [3.8, 4) is 0 Å². The predicted octanol–water partition coefficient (Wildman–Crippen LogP) is 2.44. The maximum Gasteiger partial charge on any atom is 0.261 e. The third-order valence-electron chi connectivity index (χ3n) is 3.24. The van der Waals surface area contributed by atoms with Gasteiger partial charge >= 0.3 is 0 Å². The van der Waals surface area contributed by atoms with Gasteiger partial charge in [-0.25, -0.2) is 0 Å². The van der Waals surface area contributed by atoms with Gasteiger partial charge in [-0.2, -0.15) is 0 Å². The van der Waals surface area contributed by atoms with E-state index >= 15 is 0 Å². The second kappa shape index (κ2) is 7.04. The number of amides is 2. The van der Waals surface area contributed by atoms with Crippen molar-refractivity contribution >= 4 is 23.2 Å². The van der Waals surface area contributed by atoms with E-state index in [0.717, 1.165) is 11.1 Å². The zero-order chi connectivity index (χ0) is 15.2. The van der Waals surface area contributed by atoms with Crippen molar-refractivity contribution in [3.05, 3.63) is 57.8 Å². The second-order valence-corrected chi connectivity index (χ2v) is 5.78. The van der Waals surface area contributed by atoms with Crippen molar-refractivity contribution < 1.29 is 9.59 Å². The van der Waals surface area contributed by atoms with Crippen molar-refractivity contribution in [1.82, 2.24) is 10.2 Å². The minimum absolute atomic E-state index is 0.0130. The Morgan fingerprint density at radius 1 is 1.19 bits per heavy atom. The second-order valence-electron chi connectivity index (χ2n) is 4.84. The lowest BCUT2D eigenvalue weighted by Crippen LogP contribution is -2.37. The molecule has 0 unspecified atom stereocenters. The van der Waals surface area contributed by atoms with Crippen LogP contribution in [0.1, 0.15) is 20.8 Å². The molecule has 0 aliphatic carbocycles. The van der Waals surface area contributed by atoms with E-state index in [9.17, 15) is 9.59 Å². The maximum atomic E-state index is 12.0. The average Bonchev–Trinajstić information content (AvgIpc) is 3.01. The number of carbonyl (C=O) groups is 2. The molecule has 1 N–H and O–H groups in total. The molecular weight excluding hydrogens is 284 g/mol. The van der Waals surface area contributed by atoms with Crippen LogP contribution in [0.5, 0.6) is 0 Å². The molecule has 1 heterocycles. The fraction of sp³-hybridized carbons (Fsp3) is 0.250. The molecule has 0 saturated heterocycles. The molecule has 0 aliphatic heterocycles. The van der Waals surface area contributed by atoms with Crippen molar-refractivity contribution in [2.45, 2.75) is 13.5 Å². The van der Waals surface area contributed by atoms with Gasteiger partial charge in [0.05, 0.1) is 11.4 Å². The van der Waals surface area contributed by atoms with Crippen LogP contribution in [-0.4, -0.2) is 30.3 Å². The molecule has 0 fully saturated rings. The molecule has 1 aromatic carbocycles. The molecule has 0 atom stereocenters. The van der Waals surface area contributed by atoms with Gasteiger partial charge in [0.15, 0.2) is 0 Å². The van der Waals surface area contributed by atoms with Crippen LogP contribution in [0.2, 0.25) is 0 Å². The van der Waals surface area contributed by atoms with Gasteiger partial charge in [-0.15, -0.1) is 11.3 Å². The van der Waals surface area contributed by atoms with Gasteiger partial charge in [-0.3, -0.25) is 9.59 Å². The Hall–Kier alpha value is -2.14. The third kappa shape index (κ3) is 4.16. The summed E-state index contributed by atoms with van der Waals surface area (Å²) in [6.45, 7) is 2.58. The summed E-state index contributed by atoms with van der Waals surface area (Å²) in [5, 5.41) is 4.48. The first-order valence-corrected chi connectivity index (χ1v) is 7.56. The highest BCUT2D eigenvalue weighted by molar-refractivity contribution is 7.12. The molecule has 21 heavy (non-hydrogen) atoms. The fourth-order valence-electron chi connectivity index (χ4n) is 1.92. The summed E-state index contributed by atoms with van der Waals surface area (Å²) in [4.78, 5) is 26.1. The smallest absolute Gasteiger partial charge is 0.261 e. The number of thiophene rings is 1. The summed E-state index contributed by atoms with van der Waals surface area (Å²) in [6.07, 6.45) is 0. The zero-order valence-electron chi connectivity index (χ0n) is 12.1. The lowest BCUT2D eigenvalue weighted by atomic mass is 10.1. The number of benzene rings is 1. The van der Waals surface area contributed by atoms with Crippen molar-refractivity contribution in [2.24, 2.45) is 0 Å². The first-order valence-electron chi connectivity index (χ1n) is 6.68. The highest BCUT2D eigenvalue weighted by Gasteiger charge is 2.13. The topological polar surface area (TPSA) is 49.4 Å². The summed E-state index contributed by atoms with van der Waals surface area (Å²) in [7, 11) is 1.74. The molecule has 1 aromatic heterocycles. The average molecular weight is 302 g/mol.